The van der Waals surface area contributed by atoms with Crippen molar-refractivity contribution < 1.29 is 8.42 Å². The van der Waals surface area contributed by atoms with Gasteiger partial charge in [-0.15, -0.1) is 0 Å². The van der Waals surface area contributed by atoms with Crippen LogP contribution in [0.5, 0.6) is 0 Å². The third-order valence-electron chi connectivity index (χ3n) is 3.10. The molecule has 0 radical (unpaired) electrons. The van der Waals surface area contributed by atoms with E-state index in [9.17, 15) is 8.42 Å². The average molecular weight is 293 g/mol. The summed E-state index contributed by atoms with van der Waals surface area (Å²) < 4.78 is 26.8. The van der Waals surface area contributed by atoms with E-state index in [2.05, 4.69) is 28.8 Å². The molecule has 0 saturated carbocycles. The lowest BCUT2D eigenvalue weighted by molar-refractivity contribution is 0.581. The molecule has 0 fully saturated rings. The van der Waals surface area contributed by atoms with Gasteiger partial charge in [0.2, 0.25) is 10.0 Å². The van der Waals surface area contributed by atoms with E-state index in [1.54, 1.807) is 18.3 Å². The highest BCUT2D eigenvalue weighted by atomic mass is 32.2. The number of benzene rings is 1. The third-order valence-corrected chi connectivity index (χ3v) is 4.58. The van der Waals surface area contributed by atoms with Crippen LogP contribution in [0.2, 0.25) is 0 Å². The summed E-state index contributed by atoms with van der Waals surface area (Å²) >= 11 is 0. The summed E-state index contributed by atoms with van der Waals surface area (Å²) in [7, 11) is -3.44. The van der Waals surface area contributed by atoms with Gasteiger partial charge >= 0.3 is 0 Å². The Bertz CT molecular complexity index is 632. The Labute approximate surface area is 119 Å². The number of rotatable bonds is 6. The molecule has 0 spiro atoms. The van der Waals surface area contributed by atoms with E-state index in [0.717, 1.165) is 11.3 Å². The zero-order valence-electron chi connectivity index (χ0n) is 11.6. The Morgan fingerprint density at radius 2 is 1.90 bits per heavy atom. The molecule has 2 aromatic rings. The van der Waals surface area contributed by atoms with E-state index in [-0.39, 0.29) is 0 Å². The lowest BCUT2D eigenvalue weighted by Crippen LogP contribution is -2.26. The van der Waals surface area contributed by atoms with Crippen LogP contribution in [-0.2, 0) is 16.4 Å². The van der Waals surface area contributed by atoms with Crippen LogP contribution in [0, 0.1) is 0 Å². The van der Waals surface area contributed by atoms with Gasteiger partial charge in [0, 0.05) is 24.9 Å². The third kappa shape index (κ3) is 3.68. The van der Waals surface area contributed by atoms with Crippen molar-refractivity contribution in [2.24, 2.45) is 0 Å². The maximum absolute atomic E-state index is 12.1. The summed E-state index contributed by atoms with van der Waals surface area (Å²) in [6, 6.07) is 8.83. The zero-order valence-corrected chi connectivity index (χ0v) is 12.4. The number of aromatic nitrogens is 2. The van der Waals surface area contributed by atoms with Crippen molar-refractivity contribution in [2.45, 2.75) is 31.1 Å². The standard InChI is InChI=1S/C14H19N3O2S/c1-11(2)12-3-5-14(6-4-12)20(18,19)16-10-8-13-7-9-15-17-13/h3-7,9,11,16H,8,10H2,1-2H3,(H,15,17). The van der Waals surface area contributed by atoms with Gasteiger partial charge in [0.1, 0.15) is 0 Å². The van der Waals surface area contributed by atoms with E-state index in [0.29, 0.717) is 23.8 Å². The molecule has 0 atom stereocenters. The minimum Gasteiger partial charge on any atom is -0.283 e. The normalized spacial score (nSPS) is 11.9. The van der Waals surface area contributed by atoms with Gasteiger partial charge in [-0.25, -0.2) is 13.1 Å². The van der Waals surface area contributed by atoms with Crippen molar-refractivity contribution in [2.75, 3.05) is 6.54 Å². The minimum atomic E-state index is -3.44. The summed E-state index contributed by atoms with van der Waals surface area (Å²) in [6.07, 6.45) is 2.23. The van der Waals surface area contributed by atoms with Crippen molar-refractivity contribution >= 4 is 10.0 Å². The largest absolute Gasteiger partial charge is 0.283 e. The number of sulfonamides is 1. The second-order valence-corrected chi connectivity index (χ2v) is 6.72. The fourth-order valence-electron chi connectivity index (χ4n) is 1.86. The molecule has 0 amide bonds. The summed E-state index contributed by atoms with van der Waals surface area (Å²) in [5, 5.41) is 6.62. The predicted octanol–water partition coefficient (Wildman–Crippen LogP) is 2.05. The van der Waals surface area contributed by atoms with Crippen molar-refractivity contribution in [3.05, 3.63) is 47.8 Å². The van der Waals surface area contributed by atoms with E-state index in [4.69, 9.17) is 0 Å². The van der Waals surface area contributed by atoms with Crippen LogP contribution in [0.1, 0.15) is 31.0 Å². The van der Waals surface area contributed by atoms with Gasteiger partial charge in [0.05, 0.1) is 4.90 Å². The highest BCUT2D eigenvalue weighted by Crippen LogP contribution is 2.17. The minimum absolute atomic E-state index is 0.298. The second-order valence-electron chi connectivity index (χ2n) is 4.95. The average Bonchev–Trinajstić information content (AvgIpc) is 2.92. The first-order valence-electron chi connectivity index (χ1n) is 6.57. The fraction of sp³-hybridized carbons (Fsp3) is 0.357. The Kier molecular flexibility index (Phi) is 4.57. The van der Waals surface area contributed by atoms with Crippen LogP contribution in [0.3, 0.4) is 0 Å². The molecule has 0 saturated heterocycles. The van der Waals surface area contributed by atoms with E-state index < -0.39 is 10.0 Å². The molecule has 6 heteroatoms. The molecule has 2 rings (SSSR count). The first-order chi connectivity index (χ1) is 9.49. The maximum Gasteiger partial charge on any atom is 0.240 e. The smallest absolute Gasteiger partial charge is 0.240 e. The highest BCUT2D eigenvalue weighted by Gasteiger charge is 2.13. The summed E-state index contributed by atoms with van der Waals surface area (Å²) in [4.78, 5) is 0.298. The molecular weight excluding hydrogens is 274 g/mol. The molecule has 5 nitrogen and oxygen atoms in total. The van der Waals surface area contributed by atoms with Crippen LogP contribution in [0.15, 0.2) is 41.4 Å². The number of aromatic amines is 1. The second kappa shape index (κ2) is 6.19. The van der Waals surface area contributed by atoms with Crippen molar-refractivity contribution in [3.8, 4) is 0 Å². The lowest BCUT2D eigenvalue weighted by atomic mass is 10.0. The summed E-state index contributed by atoms with van der Waals surface area (Å²) in [5.41, 5.74) is 2.03. The fourth-order valence-corrected chi connectivity index (χ4v) is 2.89. The molecule has 2 N–H and O–H groups in total. The van der Waals surface area contributed by atoms with Gasteiger partial charge in [-0.05, 0) is 29.7 Å². The molecule has 0 aliphatic rings. The topological polar surface area (TPSA) is 74.8 Å². The SMILES string of the molecule is CC(C)c1ccc(S(=O)(=O)NCCc2ccn[nH]2)cc1. The van der Waals surface area contributed by atoms with Gasteiger partial charge in [0.15, 0.2) is 0 Å². The summed E-state index contributed by atoms with van der Waals surface area (Å²) in [5.74, 6) is 0.389. The molecule has 1 heterocycles. The molecule has 0 bridgehead atoms. The maximum atomic E-state index is 12.1. The number of hydrogen-bond acceptors (Lipinski definition) is 3. The predicted molar refractivity (Wildman–Crippen MR) is 78.0 cm³/mol. The molecule has 1 aromatic heterocycles. The van der Waals surface area contributed by atoms with Gasteiger partial charge in [-0.2, -0.15) is 5.10 Å². The quantitative estimate of drug-likeness (QED) is 0.856. The Morgan fingerprint density at radius 3 is 2.45 bits per heavy atom. The Morgan fingerprint density at radius 1 is 1.20 bits per heavy atom. The van der Waals surface area contributed by atoms with E-state index in [1.807, 2.05) is 18.2 Å². The van der Waals surface area contributed by atoms with Crippen LogP contribution >= 0.6 is 0 Å². The van der Waals surface area contributed by atoms with Gasteiger partial charge in [-0.1, -0.05) is 26.0 Å². The van der Waals surface area contributed by atoms with Crippen molar-refractivity contribution in [1.29, 1.82) is 0 Å². The Hall–Kier alpha value is -1.66. The molecule has 108 valence electrons. The number of hydrogen-bond donors (Lipinski definition) is 2. The lowest BCUT2D eigenvalue weighted by Gasteiger charge is -2.08. The number of nitrogens with one attached hydrogen (secondary N) is 2. The molecule has 0 aliphatic carbocycles. The highest BCUT2D eigenvalue weighted by molar-refractivity contribution is 7.89. The van der Waals surface area contributed by atoms with Crippen molar-refractivity contribution in [3.63, 3.8) is 0 Å². The monoisotopic (exact) mass is 293 g/mol. The van der Waals surface area contributed by atoms with Crippen LogP contribution in [0.4, 0.5) is 0 Å². The molecule has 1 aromatic carbocycles. The van der Waals surface area contributed by atoms with Gasteiger partial charge in [0.25, 0.3) is 0 Å². The first-order valence-corrected chi connectivity index (χ1v) is 8.05. The van der Waals surface area contributed by atoms with Crippen molar-refractivity contribution in [1.82, 2.24) is 14.9 Å². The van der Waals surface area contributed by atoms with Gasteiger partial charge in [-0.3, -0.25) is 5.10 Å². The van der Waals surface area contributed by atoms with Crippen LogP contribution in [0.25, 0.3) is 0 Å². The van der Waals surface area contributed by atoms with Crippen LogP contribution < -0.4 is 4.72 Å². The van der Waals surface area contributed by atoms with Crippen LogP contribution in [-0.4, -0.2) is 25.2 Å². The first kappa shape index (κ1) is 14.7. The van der Waals surface area contributed by atoms with E-state index >= 15 is 0 Å². The number of H-pyrrole nitrogens is 1. The Balaban J connectivity index is 1.99. The summed E-state index contributed by atoms with van der Waals surface area (Å²) in [6.45, 7) is 4.49. The number of nitrogens with zero attached hydrogens (tertiary/aromatic N) is 1. The molecule has 0 unspecified atom stereocenters. The van der Waals surface area contributed by atoms with Gasteiger partial charge < -0.3 is 0 Å². The molecular formula is C14H19N3O2S. The van der Waals surface area contributed by atoms with E-state index in [1.165, 1.54) is 0 Å². The zero-order chi connectivity index (χ0) is 14.6. The molecule has 0 aliphatic heterocycles. The molecule has 20 heavy (non-hydrogen) atoms.